The van der Waals surface area contributed by atoms with Crippen molar-refractivity contribution in [1.82, 2.24) is 10.2 Å². The Morgan fingerprint density at radius 1 is 1.50 bits per heavy atom. The SMILES string of the molecule is O=C1C2CC2CN1C1CCNC1. The Morgan fingerprint density at radius 3 is 3.00 bits per heavy atom. The molecule has 1 saturated carbocycles. The highest BCUT2D eigenvalue weighted by Crippen LogP contribution is 2.46. The largest absolute Gasteiger partial charge is 0.338 e. The second kappa shape index (κ2) is 2.22. The number of amides is 1. The summed E-state index contributed by atoms with van der Waals surface area (Å²) < 4.78 is 0. The molecule has 12 heavy (non-hydrogen) atoms. The molecule has 2 aliphatic heterocycles. The number of rotatable bonds is 1. The first-order valence-electron chi connectivity index (χ1n) is 4.87. The van der Waals surface area contributed by atoms with Gasteiger partial charge in [0.1, 0.15) is 0 Å². The number of carbonyl (C=O) groups is 1. The van der Waals surface area contributed by atoms with Crippen molar-refractivity contribution in [1.29, 1.82) is 0 Å². The average Bonchev–Trinajstić information content (AvgIpc) is 2.54. The van der Waals surface area contributed by atoms with E-state index in [4.69, 9.17) is 0 Å². The second-order valence-electron chi connectivity index (χ2n) is 4.24. The lowest BCUT2D eigenvalue weighted by molar-refractivity contribution is -0.131. The zero-order valence-corrected chi connectivity index (χ0v) is 7.12. The third-order valence-corrected chi connectivity index (χ3v) is 3.43. The molecule has 0 spiro atoms. The summed E-state index contributed by atoms with van der Waals surface area (Å²) >= 11 is 0. The highest BCUT2D eigenvalue weighted by Gasteiger charge is 2.53. The van der Waals surface area contributed by atoms with E-state index in [1.54, 1.807) is 0 Å². The summed E-state index contributed by atoms with van der Waals surface area (Å²) in [5, 5.41) is 3.31. The summed E-state index contributed by atoms with van der Waals surface area (Å²) in [5.74, 6) is 1.61. The highest BCUT2D eigenvalue weighted by molar-refractivity contribution is 5.84. The van der Waals surface area contributed by atoms with Gasteiger partial charge in [0.05, 0.1) is 0 Å². The number of piperidine rings is 1. The van der Waals surface area contributed by atoms with E-state index in [0.717, 1.165) is 32.0 Å². The molecule has 0 radical (unpaired) electrons. The van der Waals surface area contributed by atoms with Gasteiger partial charge in [-0.15, -0.1) is 0 Å². The molecule has 3 nitrogen and oxygen atoms in total. The minimum atomic E-state index is 0.436. The second-order valence-corrected chi connectivity index (χ2v) is 4.24. The molecule has 1 N–H and O–H groups in total. The van der Waals surface area contributed by atoms with E-state index in [1.807, 2.05) is 0 Å². The van der Waals surface area contributed by atoms with E-state index < -0.39 is 0 Å². The van der Waals surface area contributed by atoms with Gasteiger partial charge < -0.3 is 10.2 Å². The molecule has 3 rings (SSSR count). The third kappa shape index (κ3) is 0.829. The smallest absolute Gasteiger partial charge is 0.226 e. The number of fused-ring (bicyclic) bond motifs is 1. The summed E-state index contributed by atoms with van der Waals surface area (Å²) in [6.07, 6.45) is 2.33. The lowest BCUT2D eigenvalue weighted by Gasteiger charge is -2.24. The summed E-state index contributed by atoms with van der Waals surface area (Å²) in [5.41, 5.74) is 0. The van der Waals surface area contributed by atoms with Crippen LogP contribution in [0.5, 0.6) is 0 Å². The van der Waals surface area contributed by atoms with Gasteiger partial charge >= 0.3 is 0 Å². The fourth-order valence-electron chi connectivity index (χ4n) is 2.54. The van der Waals surface area contributed by atoms with E-state index in [-0.39, 0.29) is 0 Å². The van der Waals surface area contributed by atoms with Crippen LogP contribution in [0, 0.1) is 11.8 Å². The first-order valence-corrected chi connectivity index (χ1v) is 4.87. The van der Waals surface area contributed by atoms with Gasteiger partial charge in [0.25, 0.3) is 0 Å². The molecule has 66 valence electrons. The van der Waals surface area contributed by atoms with E-state index in [2.05, 4.69) is 10.2 Å². The third-order valence-electron chi connectivity index (χ3n) is 3.43. The molecule has 3 atom stereocenters. The fraction of sp³-hybridized carbons (Fsp3) is 0.889. The van der Waals surface area contributed by atoms with Gasteiger partial charge in [-0.05, 0) is 25.3 Å². The molecule has 1 aliphatic carbocycles. The summed E-state index contributed by atoms with van der Waals surface area (Å²) in [7, 11) is 0. The number of nitrogens with one attached hydrogen (secondary N) is 1. The lowest BCUT2D eigenvalue weighted by Crippen LogP contribution is -2.39. The van der Waals surface area contributed by atoms with E-state index in [9.17, 15) is 4.79 Å². The van der Waals surface area contributed by atoms with E-state index >= 15 is 0 Å². The Hall–Kier alpha value is -0.570. The first kappa shape index (κ1) is 6.89. The summed E-state index contributed by atoms with van der Waals surface area (Å²) in [4.78, 5) is 13.7. The molecule has 3 fully saturated rings. The molecule has 2 saturated heterocycles. The van der Waals surface area contributed by atoms with Crippen molar-refractivity contribution >= 4 is 5.91 Å². The molecule has 1 amide bonds. The molecule has 0 aromatic rings. The van der Waals surface area contributed by atoms with Crippen LogP contribution in [0.25, 0.3) is 0 Å². The zero-order chi connectivity index (χ0) is 8.13. The molecule has 3 unspecified atom stereocenters. The predicted octanol–water partition coefficient (Wildman–Crippen LogP) is -0.173. The topological polar surface area (TPSA) is 32.3 Å². The van der Waals surface area contributed by atoms with Crippen molar-refractivity contribution in [3.05, 3.63) is 0 Å². The van der Waals surface area contributed by atoms with Gasteiger partial charge in [0, 0.05) is 25.0 Å². The fourth-order valence-corrected chi connectivity index (χ4v) is 2.54. The number of carbonyl (C=O) groups excluding carboxylic acids is 1. The van der Waals surface area contributed by atoms with Crippen LogP contribution in [0.15, 0.2) is 0 Å². The van der Waals surface area contributed by atoms with Crippen LogP contribution in [0.1, 0.15) is 12.8 Å². The Morgan fingerprint density at radius 2 is 2.42 bits per heavy atom. The molecular weight excluding hydrogens is 152 g/mol. The molecule has 0 bridgehead atoms. The van der Waals surface area contributed by atoms with Gasteiger partial charge in [-0.25, -0.2) is 0 Å². The maximum atomic E-state index is 11.6. The van der Waals surface area contributed by atoms with Gasteiger partial charge in [0.2, 0.25) is 5.91 Å². The van der Waals surface area contributed by atoms with Crippen molar-refractivity contribution in [2.75, 3.05) is 19.6 Å². The highest BCUT2D eigenvalue weighted by atomic mass is 16.2. The molecule has 2 heterocycles. The van der Waals surface area contributed by atoms with Crippen molar-refractivity contribution in [2.45, 2.75) is 18.9 Å². The van der Waals surface area contributed by atoms with Crippen LogP contribution in [-0.4, -0.2) is 36.5 Å². The van der Waals surface area contributed by atoms with Crippen LogP contribution in [0.4, 0.5) is 0 Å². The Labute approximate surface area is 72.1 Å². The molecular formula is C9H14N2O. The minimum Gasteiger partial charge on any atom is -0.338 e. The van der Waals surface area contributed by atoms with Crippen LogP contribution in [-0.2, 0) is 4.79 Å². The quantitative estimate of drug-likeness (QED) is 0.586. The van der Waals surface area contributed by atoms with Crippen molar-refractivity contribution in [3.63, 3.8) is 0 Å². The normalized spacial score (nSPS) is 45.2. The first-order chi connectivity index (χ1) is 5.86. The molecule has 3 aliphatic rings. The van der Waals surface area contributed by atoms with E-state index in [1.165, 1.54) is 6.42 Å². The number of hydrogen-bond donors (Lipinski definition) is 1. The van der Waals surface area contributed by atoms with Crippen LogP contribution < -0.4 is 5.32 Å². The monoisotopic (exact) mass is 166 g/mol. The molecule has 0 aromatic carbocycles. The summed E-state index contributed by atoms with van der Waals surface area (Å²) in [6, 6.07) is 0.519. The standard InChI is InChI=1S/C9H14N2O/c12-9-8-3-6(8)5-11(9)7-1-2-10-4-7/h6-8,10H,1-5H2. The van der Waals surface area contributed by atoms with Crippen molar-refractivity contribution in [3.8, 4) is 0 Å². The van der Waals surface area contributed by atoms with Gasteiger partial charge in [0.15, 0.2) is 0 Å². The zero-order valence-electron chi connectivity index (χ0n) is 7.12. The minimum absolute atomic E-state index is 0.436. The van der Waals surface area contributed by atoms with Crippen LogP contribution in [0.3, 0.4) is 0 Å². The van der Waals surface area contributed by atoms with Crippen LogP contribution >= 0.6 is 0 Å². The van der Waals surface area contributed by atoms with Crippen molar-refractivity contribution in [2.24, 2.45) is 11.8 Å². The molecule has 3 heteroatoms. The summed E-state index contributed by atoms with van der Waals surface area (Å²) in [6.45, 7) is 3.16. The van der Waals surface area contributed by atoms with Gasteiger partial charge in [-0.2, -0.15) is 0 Å². The van der Waals surface area contributed by atoms with E-state index in [0.29, 0.717) is 17.9 Å². The van der Waals surface area contributed by atoms with Crippen molar-refractivity contribution < 1.29 is 4.79 Å². The average molecular weight is 166 g/mol. The van der Waals surface area contributed by atoms with Gasteiger partial charge in [-0.1, -0.05) is 0 Å². The number of nitrogens with zero attached hydrogens (tertiary/aromatic N) is 1. The Kier molecular flexibility index (Phi) is 1.28. The Balaban J connectivity index is 1.73. The maximum Gasteiger partial charge on any atom is 0.226 e. The lowest BCUT2D eigenvalue weighted by atomic mass is 10.2. The predicted molar refractivity (Wildman–Crippen MR) is 44.6 cm³/mol. The molecule has 0 aromatic heterocycles. The van der Waals surface area contributed by atoms with Crippen LogP contribution in [0.2, 0.25) is 0 Å². The number of likely N-dealkylation sites (tertiary alicyclic amines) is 1. The number of hydrogen-bond acceptors (Lipinski definition) is 2. The van der Waals surface area contributed by atoms with Gasteiger partial charge in [-0.3, -0.25) is 4.79 Å². The maximum absolute atomic E-state index is 11.6. The Bertz CT molecular complexity index is 223.